The number of hydrogen-bond acceptors (Lipinski definition) is 7. The maximum atomic E-state index is 11.8. The number of ether oxygens (including phenoxy) is 2. The summed E-state index contributed by atoms with van der Waals surface area (Å²) in [6, 6.07) is 5.21. The summed E-state index contributed by atoms with van der Waals surface area (Å²) >= 11 is 1.54. The van der Waals surface area contributed by atoms with Crippen molar-refractivity contribution >= 4 is 23.2 Å². The first-order chi connectivity index (χ1) is 12.2. The van der Waals surface area contributed by atoms with Crippen LogP contribution in [0.25, 0.3) is 0 Å². The summed E-state index contributed by atoms with van der Waals surface area (Å²) in [4.78, 5) is 27.5. The van der Waals surface area contributed by atoms with Gasteiger partial charge in [0.25, 0.3) is 5.69 Å². The van der Waals surface area contributed by atoms with Crippen molar-refractivity contribution in [3.05, 3.63) is 50.0 Å². The van der Waals surface area contributed by atoms with E-state index in [4.69, 9.17) is 9.47 Å². The molecular formula is C18H22N2O5S. The Hall–Kier alpha value is -2.48. The molecule has 1 aromatic carbocycles. The minimum absolute atomic E-state index is 0.0316. The Morgan fingerprint density at radius 1 is 1.31 bits per heavy atom. The Labute approximate surface area is 156 Å². The fourth-order valence-corrected chi connectivity index (χ4v) is 3.40. The summed E-state index contributed by atoms with van der Waals surface area (Å²) in [5.41, 5.74) is 1.08. The Bertz CT molecular complexity index is 783. The van der Waals surface area contributed by atoms with Crippen molar-refractivity contribution < 1.29 is 19.2 Å². The number of carbonyl (C=O) groups excluding carboxylic acids is 1. The van der Waals surface area contributed by atoms with E-state index < -0.39 is 11.1 Å². The molecular weight excluding hydrogens is 356 g/mol. The number of aryl methyl sites for hydroxylation is 1. The minimum atomic E-state index is -0.873. The number of rotatable bonds is 7. The van der Waals surface area contributed by atoms with Gasteiger partial charge < -0.3 is 9.47 Å². The van der Waals surface area contributed by atoms with Crippen LogP contribution in [0.3, 0.4) is 0 Å². The van der Waals surface area contributed by atoms with E-state index in [2.05, 4.69) is 25.8 Å². The second kappa shape index (κ2) is 8.27. The van der Waals surface area contributed by atoms with Gasteiger partial charge in [-0.25, -0.2) is 9.78 Å². The standard InChI is InChI=1S/C18H22N2O5S/c1-5-18(3,4)10-15-12(2)19-16(26-15)11-24-17(21)25-14-8-6-13(7-9-14)20(22)23/h6-9H,5,10-11H2,1-4H3. The molecule has 0 spiro atoms. The molecule has 140 valence electrons. The van der Waals surface area contributed by atoms with Gasteiger partial charge in [0, 0.05) is 17.0 Å². The van der Waals surface area contributed by atoms with E-state index in [0.29, 0.717) is 5.01 Å². The molecule has 1 aromatic heterocycles. The number of hydrogen-bond donors (Lipinski definition) is 0. The smallest absolute Gasteiger partial charge is 0.427 e. The number of nitro groups is 1. The number of nitro benzene ring substituents is 1. The number of aromatic nitrogens is 1. The zero-order valence-electron chi connectivity index (χ0n) is 15.3. The molecule has 8 heteroatoms. The first-order valence-corrected chi connectivity index (χ1v) is 9.06. The van der Waals surface area contributed by atoms with Crippen LogP contribution in [0.5, 0.6) is 5.75 Å². The van der Waals surface area contributed by atoms with Crippen LogP contribution in [0.1, 0.15) is 42.8 Å². The molecule has 0 unspecified atom stereocenters. The normalized spacial score (nSPS) is 11.2. The maximum absolute atomic E-state index is 11.8. The van der Waals surface area contributed by atoms with E-state index in [9.17, 15) is 14.9 Å². The highest BCUT2D eigenvalue weighted by Crippen LogP contribution is 2.30. The van der Waals surface area contributed by atoms with E-state index in [1.165, 1.54) is 40.5 Å². The Kier molecular flexibility index (Phi) is 6.31. The molecule has 0 amide bonds. The van der Waals surface area contributed by atoms with Crippen LogP contribution in [-0.4, -0.2) is 16.1 Å². The van der Waals surface area contributed by atoms with Crippen molar-refractivity contribution in [3.8, 4) is 5.75 Å². The Balaban J connectivity index is 1.90. The molecule has 2 rings (SSSR count). The van der Waals surface area contributed by atoms with Crippen LogP contribution in [0.4, 0.5) is 10.5 Å². The largest absolute Gasteiger partial charge is 0.514 e. The number of nitrogens with zero attached hydrogens (tertiary/aromatic N) is 2. The van der Waals surface area contributed by atoms with E-state index >= 15 is 0 Å². The fourth-order valence-electron chi connectivity index (χ4n) is 2.16. The predicted octanol–water partition coefficient (Wildman–Crippen LogP) is 5.05. The molecule has 2 aromatic rings. The lowest BCUT2D eigenvalue weighted by molar-refractivity contribution is -0.384. The lowest BCUT2D eigenvalue weighted by atomic mass is 9.86. The van der Waals surface area contributed by atoms with Crippen LogP contribution >= 0.6 is 11.3 Å². The summed E-state index contributed by atoms with van der Waals surface area (Å²) in [7, 11) is 0. The van der Waals surface area contributed by atoms with Crippen molar-refractivity contribution in [1.29, 1.82) is 0 Å². The molecule has 0 radical (unpaired) electrons. The van der Waals surface area contributed by atoms with Gasteiger partial charge >= 0.3 is 6.16 Å². The number of thiazole rings is 1. The van der Waals surface area contributed by atoms with Gasteiger partial charge in [-0.15, -0.1) is 11.3 Å². The Morgan fingerprint density at radius 3 is 2.54 bits per heavy atom. The van der Waals surface area contributed by atoms with E-state index in [0.717, 1.165) is 18.5 Å². The van der Waals surface area contributed by atoms with Crippen LogP contribution in [0.15, 0.2) is 24.3 Å². The third-order valence-electron chi connectivity index (χ3n) is 4.10. The molecule has 0 atom stereocenters. The molecule has 0 aliphatic rings. The number of carbonyl (C=O) groups is 1. The SMILES string of the molecule is CCC(C)(C)Cc1sc(COC(=O)Oc2ccc([N+](=O)[O-])cc2)nc1C. The van der Waals surface area contributed by atoms with Gasteiger partial charge in [-0.1, -0.05) is 27.2 Å². The van der Waals surface area contributed by atoms with Crippen molar-refractivity contribution in [3.63, 3.8) is 0 Å². The van der Waals surface area contributed by atoms with Gasteiger partial charge in [0.05, 0.1) is 10.6 Å². The average Bonchev–Trinajstić information content (AvgIpc) is 2.92. The summed E-state index contributed by atoms with van der Waals surface area (Å²) in [6.07, 6.45) is 1.12. The second-order valence-electron chi connectivity index (χ2n) is 6.70. The van der Waals surface area contributed by atoms with Gasteiger partial charge in [-0.2, -0.15) is 0 Å². The van der Waals surface area contributed by atoms with Crippen molar-refractivity contribution in [1.82, 2.24) is 4.98 Å². The fraction of sp³-hybridized carbons (Fsp3) is 0.444. The van der Waals surface area contributed by atoms with E-state index in [1.54, 1.807) is 0 Å². The highest BCUT2D eigenvalue weighted by Gasteiger charge is 2.20. The molecule has 0 saturated carbocycles. The molecule has 0 aliphatic heterocycles. The minimum Gasteiger partial charge on any atom is -0.427 e. The van der Waals surface area contributed by atoms with Gasteiger partial charge in [0.2, 0.25) is 0 Å². The van der Waals surface area contributed by atoms with Crippen LogP contribution in [0, 0.1) is 22.5 Å². The zero-order valence-corrected chi connectivity index (χ0v) is 16.1. The Morgan fingerprint density at radius 2 is 1.96 bits per heavy atom. The maximum Gasteiger partial charge on any atom is 0.514 e. The van der Waals surface area contributed by atoms with Crippen LogP contribution in [0.2, 0.25) is 0 Å². The average molecular weight is 378 g/mol. The quantitative estimate of drug-likeness (QED) is 0.290. The lowest BCUT2D eigenvalue weighted by Crippen LogP contribution is -2.12. The number of benzene rings is 1. The van der Waals surface area contributed by atoms with E-state index in [1.807, 2.05) is 6.92 Å². The van der Waals surface area contributed by atoms with Crippen LogP contribution in [-0.2, 0) is 17.8 Å². The monoisotopic (exact) mass is 378 g/mol. The van der Waals surface area contributed by atoms with Crippen LogP contribution < -0.4 is 4.74 Å². The van der Waals surface area contributed by atoms with Crippen molar-refractivity contribution in [2.45, 2.75) is 47.1 Å². The highest BCUT2D eigenvalue weighted by molar-refractivity contribution is 7.11. The summed E-state index contributed by atoms with van der Waals surface area (Å²) in [5.74, 6) is 0.182. The van der Waals surface area contributed by atoms with Gasteiger partial charge in [0.15, 0.2) is 0 Å². The summed E-state index contributed by atoms with van der Waals surface area (Å²) in [5, 5.41) is 11.3. The van der Waals surface area contributed by atoms with E-state index in [-0.39, 0.29) is 23.5 Å². The van der Waals surface area contributed by atoms with Gasteiger partial charge in [0.1, 0.15) is 17.4 Å². The third kappa shape index (κ3) is 5.52. The first kappa shape index (κ1) is 19.8. The summed E-state index contributed by atoms with van der Waals surface area (Å²) in [6.45, 7) is 8.57. The zero-order chi connectivity index (χ0) is 19.3. The molecule has 0 fully saturated rings. The molecule has 7 nitrogen and oxygen atoms in total. The molecule has 0 bridgehead atoms. The van der Waals surface area contributed by atoms with Gasteiger partial charge in [-0.3, -0.25) is 10.1 Å². The van der Waals surface area contributed by atoms with Crippen molar-refractivity contribution in [2.24, 2.45) is 5.41 Å². The first-order valence-electron chi connectivity index (χ1n) is 8.24. The lowest BCUT2D eigenvalue weighted by Gasteiger charge is -2.21. The molecule has 1 heterocycles. The predicted molar refractivity (Wildman–Crippen MR) is 98.5 cm³/mol. The topological polar surface area (TPSA) is 91.6 Å². The molecule has 0 saturated heterocycles. The molecule has 0 N–H and O–H groups in total. The van der Waals surface area contributed by atoms with Crippen molar-refractivity contribution in [2.75, 3.05) is 0 Å². The number of non-ortho nitro benzene ring substituents is 1. The highest BCUT2D eigenvalue weighted by atomic mass is 32.1. The molecule has 26 heavy (non-hydrogen) atoms. The summed E-state index contributed by atoms with van der Waals surface area (Å²) < 4.78 is 10.1. The second-order valence-corrected chi connectivity index (χ2v) is 7.87. The third-order valence-corrected chi connectivity index (χ3v) is 5.23. The molecule has 0 aliphatic carbocycles. The van der Waals surface area contributed by atoms with Gasteiger partial charge in [-0.05, 0) is 30.9 Å².